The number of nitrogens with zero attached hydrogens (tertiary/aromatic N) is 3. The monoisotopic (exact) mass is 438 g/mol. The van der Waals surface area contributed by atoms with E-state index in [1.807, 2.05) is 29.7 Å². The Morgan fingerprint density at radius 2 is 1.84 bits per heavy atom. The van der Waals surface area contributed by atoms with Crippen molar-refractivity contribution in [2.45, 2.75) is 51.7 Å². The van der Waals surface area contributed by atoms with Crippen LogP contribution in [0.15, 0.2) is 47.6 Å². The molecule has 6 nitrogen and oxygen atoms in total. The number of aryl methyl sites for hydroxylation is 1. The van der Waals surface area contributed by atoms with E-state index >= 15 is 0 Å². The van der Waals surface area contributed by atoms with E-state index in [1.54, 1.807) is 7.11 Å². The van der Waals surface area contributed by atoms with Gasteiger partial charge in [-0.1, -0.05) is 62.9 Å². The molecule has 7 heteroatoms. The normalized spacial score (nSPS) is 11.4. The van der Waals surface area contributed by atoms with Crippen LogP contribution in [0.4, 0.5) is 5.69 Å². The molecule has 1 N–H and O–H groups in total. The van der Waals surface area contributed by atoms with Gasteiger partial charge in [0.05, 0.1) is 18.6 Å². The van der Waals surface area contributed by atoms with E-state index in [9.17, 15) is 4.79 Å². The number of anilines is 1. The molecule has 1 amide bonds. The lowest BCUT2D eigenvalue weighted by atomic mass is 9.87. The van der Waals surface area contributed by atoms with Crippen molar-refractivity contribution in [1.82, 2.24) is 14.8 Å². The molecular weight excluding hydrogens is 408 g/mol. The van der Waals surface area contributed by atoms with E-state index in [0.29, 0.717) is 11.4 Å². The Balaban J connectivity index is 1.71. The van der Waals surface area contributed by atoms with Gasteiger partial charge in [0, 0.05) is 12.1 Å². The second kappa shape index (κ2) is 9.56. The third-order valence-corrected chi connectivity index (χ3v) is 5.97. The predicted octanol–water partition coefficient (Wildman–Crippen LogP) is 5.31. The third kappa shape index (κ3) is 5.47. The number of benzene rings is 2. The van der Waals surface area contributed by atoms with Gasteiger partial charge in [-0.25, -0.2) is 0 Å². The molecule has 0 radical (unpaired) electrons. The summed E-state index contributed by atoms with van der Waals surface area (Å²) in [5, 5.41) is 12.4. The molecule has 0 aliphatic heterocycles. The molecule has 0 bridgehead atoms. The van der Waals surface area contributed by atoms with Gasteiger partial charge in [-0.3, -0.25) is 4.79 Å². The third-order valence-electron chi connectivity index (χ3n) is 5.00. The van der Waals surface area contributed by atoms with Crippen molar-refractivity contribution in [2.24, 2.45) is 0 Å². The van der Waals surface area contributed by atoms with E-state index in [0.717, 1.165) is 28.7 Å². The molecule has 0 saturated carbocycles. The number of amides is 1. The molecule has 164 valence electrons. The molecule has 0 unspecified atom stereocenters. The SMILES string of the molecule is CCn1c(SCC(=O)Nc2cc(C)ccc2OC)nnc1-c1ccc(C(C)(C)C)cc1. The summed E-state index contributed by atoms with van der Waals surface area (Å²) in [4.78, 5) is 12.5. The van der Waals surface area contributed by atoms with Crippen molar-refractivity contribution in [3.8, 4) is 17.1 Å². The number of hydrogen-bond acceptors (Lipinski definition) is 5. The van der Waals surface area contributed by atoms with Crippen LogP contribution in [0.1, 0.15) is 38.8 Å². The molecule has 0 fully saturated rings. The number of carbonyl (C=O) groups excluding carboxylic acids is 1. The first-order valence-corrected chi connectivity index (χ1v) is 11.3. The lowest BCUT2D eigenvalue weighted by Gasteiger charge is -2.19. The van der Waals surface area contributed by atoms with Crippen LogP contribution >= 0.6 is 11.8 Å². The summed E-state index contributed by atoms with van der Waals surface area (Å²) >= 11 is 1.38. The minimum atomic E-state index is -0.115. The molecule has 0 atom stereocenters. The van der Waals surface area contributed by atoms with Crippen molar-refractivity contribution in [3.63, 3.8) is 0 Å². The standard InChI is InChI=1S/C24H30N4O2S/c1-7-28-22(17-9-11-18(12-10-17)24(3,4)5)26-27-23(28)31-15-21(29)25-19-14-16(2)8-13-20(19)30-6/h8-14H,7,15H2,1-6H3,(H,25,29). The van der Waals surface area contributed by atoms with Crippen molar-refractivity contribution in [3.05, 3.63) is 53.6 Å². The van der Waals surface area contributed by atoms with Gasteiger partial charge in [-0.15, -0.1) is 10.2 Å². The molecule has 0 aliphatic carbocycles. The van der Waals surface area contributed by atoms with Crippen LogP contribution in [0, 0.1) is 6.92 Å². The second-order valence-electron chi connectivity index (χ2n) is 8.42. The fourth-order valence-corrected chi connectivity index (χ4v) is 4.05. The molecule has 3 rings (SSSR count). The maximum Gasteiger partial charge on any atom is 0.234 e. The summed E-state index contributed by atoms with van der Waals surface area (Å²) in [6, 6.07) is 14.1. The second-order valence-corrected chi connectivity index (χ2v) is 9.36. The number of methoxy groups -OCH3 is 1. The van der Waals surface area contributed by atoms with Crippen LogP contribution in [0.2, 0.25) is 0 Å². The van der Waals surface area contributed by atoms with Crippen LogP contribution in [-0.4, -0.2) is 33.5 Å². The largest absolute Gasteiger partial charge is 0.495 e. The first-order valence-electron chi connectivity index (χ1n) is 10.3. The lowest BCUT2D eigenvalue weighted by Crippen LogP contribution is -2.15. The number of carbonyl (C=O) groups is 1. The molecule has 31 heavy (non-hydrogen) atoms. The van der Waals surface area contributed by atoms with Crippen molar-refractivity contribution >= 4 is 23.4 Å². The predicted molar refractivity (Wildman–Crippen MR) is 127 cm³/mol. The van der Waals surface area contributed by atoms with Gasteiger partial charge in [-0.2, -0.15) is 0 Å². The van der Waals surface area contributed by atoms with Gasteiger partial charge >= 0.3 is 0 Å². The zero-order chi connectivity index (χ0) is 22.6. The zero-order valence-electron chi connectivity index (χ0n) is 19.0. The van der Waals surface area contributed by atoms with Crippen molar-refractivity contribution in [1.29, 1.82) is 0 Å². The maximum atomic E-state index is 12.5. The molecule has 1 aromatic heterocycles. The Bertz CT molecular complexity index is 1050. The number of rotatable bonds is 7. The summed E-state index contributed by atoms with van der Waals surface area (Å²) in [7, 11) is 1.59. The maximum absolute atomic E-state index is 12.5. The van der Waals surface area contributed by atoms with Crippen LogP contribution in [0.25, 0.3) is 11.4 Å². The highest BCUT2D eigenvalue weighted by Crippen LogP contribution is 2.29. The van der Waals surface area contributed by atoms with Crippen LogP contribution in [0.3, 0.4) is 0 Å². The van der Waals surface area contributed by atoms with E-state index < -0.39 is 0 Å². The highest BCUT2D eigenvalue weighted by atomic mass is 32.2. The molecule has 3 aromatic rings. The van der Waals surface area contributed by atoms with Gasteiger partial charge in [0.2, 0.25) is 5.91 Å². The molecule has 0 aliphatic rings. The number of aromatic nitrogens is 3. The van der Waals surface area contributed by atoms with Crippen LogP contribution < -0.4 is 10.1 Å². The molecule has 1 heterocycles. The van der Waals surface area contributed by atoms with Crippen molar-refractivity contribution < 1.29 is 9.53 Å². The molecular formula is C24H30N4O2S. The summed E-state index contributed by atoms with van der Waals surface area (Å²) in [6.45, 7) is 11.3. The van der Waals surface area contributed by atoms with Gasteiger partial charge in [0.15, 0.2) is 11.0 Å². The Kier molecular flexibility index (Phi) is 7.05. The van der Waals surface area contributed by atoms with E-state index in [1.165, 1.54) is 17.3 Å². The topological polar surface area (TPSA) is 69.0 Å². The fourth-order valence-electron chi connectivity index (χ4n) is 3.25. The molecule has 0 spiro atoms. The summed E-state index contributed by atoms with van der Waals surface area (Å²) < 4.78 is 7.37. The highest BCUT2D eigenvalue weighted by Gasteiger charge is 2.17. The first kappa shape index (κ1) is 22.9. The number of ether oxygens (including phenoxy) is 1. The Morgan fingerprint density at radius 1 is 1.13 bits per heavy atom. The minimum absolute atomic E-state index is 0.102. The summed E-state index contributed by atoms with van der Waals surface area (Å²) in [5.74, 6) is 1.57. The van der Waals surface area contributed by atoms with Gasteiger partial charge in [0.25, 0.3) is 0 Å². The minimum Gasteiger partial charge on any atom is -0.495 e. The van der Waals surface area contributed by atoms with Gasteiger partial charge in [0.1, 0.15) is 5.75 Å². The molecule has 2 aromatic carbocycles. The quantitative estimate of drug-likeness (QED) is 0.506. The highest BCUT2D eigenvalue weighted by molar-refractivity contribution is 7.99. The van der Waals surface area contributed by atoms with E-state index in [4.69, 9.17) is 4.74 Å². The number of hydrogen-bond donors (Lipinski definition) is 1. The Hall–Kier alpha value is -2.80. The van der Waals surface area contributed by atoms with Gasteiger partial charge in [-0.05, 0) is 42.5 Å². The van der Waals surface area contributed by atoms with Gasteiger partial charge < -0.3 is 14.6 Å². The molecule has 0 saturated heterocycles. The Morgan fingerprint density at radius 3 is 2.45 bits per heavy atom. The smallest absolute Gasteiger partial charge is 0.234 e. The fraction of sp³-hybridized carbons (Fsp3) is 0.375. The summed E-state index contributed by atoms with van der Waals surface area (Å²) in [5.41, 5.74) is 4.12. The average molecular weight is 439 g/mol. The average Bonchev–Trinajstić information content (AvgIpc) is 3.15. The van der Waals surface area contributed by atoms with Crippen molar-refractivity contribution in [2.75, 3.05) is 18.2 Å². The van der Waals surface area contributed by atoms with Crippen LogP contribution in [-0.2, 0) is 16.8 Å². The van der Waals surface area contributed by atoms with E-state index in [-0.39, 0.29) is 17.1 Å². The zero-order valence-corrected chi connectivity index (χ0v) is 19.8. The lowest BCUT2D eigenvalue weighted by molar-refractivity contribution is -0.113. The number of thioether (sulfide) groups is 1. The van der Waals surface area contributed by atoms with E-state index in [2.05, 4.69) is 67.5 Å². The summed E-state index contributed by atoms with van der Waals surface area (Å²) in [6.07, 6.45) is 0. The number of nitrogens with one attached hydrogen (secondary N) is 1. The first-order chi connectivity index (χ1) is 14.7. The Labute approximate surface area is 188 Å². The van der Waals surface area contributed by atoms with Crippen LogP contribution in [0.5, 0.6) is 5.75 Å².